The van der Waals surface area contributed by atoms with E-state index in [4.69, 9.17) is 4.42 Å². The van der Waals surface area contributed by atoms with Gasteiger partial charge >= 0.3 is 0 Å². The monoisotopic (exact) mass is 402 g/mol. The molecule has 1 atom stereocenters. The van der Waals surface area contributed by atoms with Crippen molar-refractivity contribution in [2.24, 2.45) is 11.8 Å². The molecule has 2 fully saturated rings. The SMILES string of the molecule is CC1CCN(CC2CCCN(C(=O)CCc3nnc(-c4ccsc4)o3)C2)CC1. The first-order valence-corrected chi connectivity index (χ1v) is 11.5. The summed E-state index contributed by atoms with van der Waals surface area (Å²) in [4.78, 5) is 17.4. The zero-order valence-corrected chi connectivity index (χ0v) is 17.5. The van der Waals surface area contributed by atoms with E-state index in [0.29, 0.717) is 30.5 Å². The summed E-state index contributed by atoms with van der Waals surface area (Å²) in [6.45, 7) is 7.71. The van der Waals surface area contributed by atoms with Gasteiger partial charge in [0.15, 0.2) is 0 Å². The fourth-order valence-electron chi connectivity index (χ4n) is 4.28. The number of rotatable bonds is 6. The van der Waals surface area contributed by atoms with E-state index in [-0.39, 0.29) is 5.91 Å². The average Bonchev–Trinajstić information content (AvgIpc) is 3.40. The van der Waals surface area contributed by atoms with Crippen molar-refractivity contribution in [3.05, 3.63) is 22.7 Å². The highest BCUT2D eigenvalue weighted by Crippen LogP contribution is 2.23. The maximum absolute atomic E-state index is 12.7. The smallest absolute Gasteiger partial charge is 0.248 e. The third kappa shape index (κ3) is 5.00. The van der Waals surface area contributed by atoms with Gasteiger partial charge in [-0.2, -0.15) is 11.3 Å². The molecule has 0 spiro atoms. The summed E-state index contributed by atoms with van der Waals surface area (Å²) in [6, 6.07) is 1.96. The number of aromatic nitrogens is 2. The van der Waals surface area contributed by atoms with Crippen molar-refractivity contribution in [2.75, 3.05) is 32.7 Å². The maximum atomic E-state index is 12.7. The van der Waals surface area contributed by atoms with Gasteiger partial charge in [0.1, 0.15) is 0 Å². The van der Waals surface area contributed by atoms with Crippen LogP contribution in [0, 0.1) is 11.8 Å². The Morgan fingerprint density at radius 1 is 1.25 bits per heavy atom. The number of nitrogens with zero attached hydrogens (tertiary/aromatic N) is 4. The first-order chi connectivity index (χ1) is 13.7. The Kier molecular flexibility index (Phi) is 6.42. The fraction of sp³-hybridized carbons (Fsp3) is 0.667. The van der Waals surface area contributed by atoms with Crippen LogP contribution in [0.4, 0.5) is 0 Å². The van der Waals surface area contributed by atoms with Crippen molar-refractivity contribution < 1.29 is 9.21 Å². The third-order valence-corrected chi connectivity index (χ3v) is 6.74. The molecule has 2 aliphatic heterocycles. The molecule has 2 aliphatic rings. The van der Waals surface area contributed by atoms with E-state index in [1.807, 2.05) is 16.8 Å². The molecule has 6 nitrogen and oxygen atoms in total. The quantitative estimate of drug-likeness (QED) is 0.737. The maximum Gasteiger partial charge on any atom is 0.248 e. The topological polar surface area (TPSA) is 62.5 Å². The van der Waals surface area contributed by atoms with E-state index in [0.717, 1.165) is 37.5 Å². The van der Waals surface area contributed by atoms with Crippen molar-refractivity contribution >= 4 is 17.2 Å². The number of aryl methyl sites for hydroxylation is 1. The minimum atomic E-state index is 0.215. The molecule has 0 saturated carbocycles. The zero-order valence-electron chi connectivity index (χ0n) is 16.7. The summed E-state index contributed by atoms with van der Waals surface area (Å²) in [5.41, 5.74) is 0.945. The second kappa shape index (κ2) is 9.18. The van der Waals surface area contributed by atoms with Gasteiger partial charge in [0.25, 0.3) is 0 Å². The molecule has 4 heterocycles. The van der Waals surface area contributed by atoms with Gasteiger partial charge in [-0.3, -0.25) is 4.79 Å². The van der Waals surface area contributed by atoms with Crippen LogP contribution in [0.5, 0.6) is 0 Å². The first kappa shape index (κ1) is 19.6. The van der Waals surface area contributed by atoms with Crippen LogP contribution in [0.3, 0.4) is 0 Å². The highest BCUT2D eigenvalue weighted by atomic mass is 32.1. The highest BCUT2D eigenvalue weighted by Gasteiger charge is 2.26. The second-order valence-electron chi connectivity index (χ2n) is 8.34. The molecular weight excluding hydrogens is 372 g/mol. The van der Waals surface area contributed by atoms with Crippen molar-refractivity contribution in [3.63, 3.8) is 0 Å². The molecule has 0 bridgehead atoms. The van der Waals surface area contributed by atoms with Gasteiger partial charge in [0.2, 0.25) is 17.7 Å². The summed E-state index contributed by atoms with van der Waals surface area (Å²) < 4.78 is 5.70. The molecule has 0 aromatic carbocycles. The van der Waals surface area contributed by atoms with Crippen LogP contribution in [0.1, 0.15) is 44.9 Å². The van der Waals surface area contributed by atoms with Gasteiger partial charge < -0.3 is 14.2 Å². The lowest BCUT2D eigenvalue weighted by Gasteiger charge is -2.37. The Morgan fingerprint density at radius 3 is 2.89 bits per heavy atom. The van der Waals surface area contributed by atoms with E-state index in [1.54, 1.807) is 11.3 Å². The Hall–Kier alpha value is -1.73. The Morgan fingerprint density at radius 2 is 2.11 bits per heavy atom. The molecule has 0 aliphatic carbocycles. The minimum Gasteiger partial charge on any atom is -0.421 e. The molecule has 7 heteroatoms. The second-order valence-corrected chi connectivity index (χ2v) is 9.12. The lowest BCUT2D eigenvalue weighted by molar-refractivity contribution is -0.133. The molecule has 4 rings (SSSR count). The van der Waals surface area contributed by atoms with Crippen molar-refractivity contribution in [1.29, 1.82) is 0 Å². The van der Waals surface area contributed by atoms with Crippen LogP contribution in [0.2, 0.25) is 0 Å². The van der Waals surface area contributed by atoms with Gasteiger partial charge in [-0.15, -0.1) is 10.2 Å². The summed E-state index contributed by atoms with van der Waals surface area (Å²) in [6.07, 6.45) is 5.94. The van der Waals surface area contributed by atoms with Gasteiger partial charge in [-0.05, 0) is 62.1 Å². The van der Waals surface area contributed by atoms with E-state index in [1.165, 1.54) is 32.4 Å². The molecule has 2 aromatic rings. The van der Waals surface area contributed by atoms with Crippen molar-refractivity contribution in [3.8, 4) is 11.5 Å². The molecule has 2 aromatic heterocycles. The van der Waals surface area contributed by atoms with Crippen molar-refractivity contribution in [1.82, 2.24) is 20.0 Å². The lowest BCUT2D eigenvalue weighted by atomic mass is 9.94. The molecule has 28 heavy (non-hydrogen) atoms. The number of hydrogen-bond acceptors (Lipinski definition) is 6. The standard InChI is InChI=1S/C21H30N4O2S/c1-16-6-10-24(11-7-16)13-17-3-2-9-25(14-17)20(26)5-4-19-22-23-21(27-19)18-8-12-28-15-18/h8,12,15-17H,2-7,9-11,13-14H2,1H3. The number of carbonyl (C=O) groups excluding carboxylic acids is 1. The van der Waals surface area contributed by atoms with E-state index in [9.17, 15) is 4.79 Å². The molecule has 1 amide bonds. The van der Waals surface area contributed by atoms with Crippen molar-refractivity contribution in [2.45, 2.75) is 45.4 Å². The molecule has 152 valence electrons. The number of likely N-dealkylation sites (tertiary alicyclic amines) is 2. The van der Waals surface area contributed by atoms with Crippen LogP contribution in [0.15, 0.2) is 21.2 Å². The van der Waals surface area contributed by atoms with Gasteiger partial charge in [-0.25, -0.2) is 0 Å². The molecular formula is C21H30N4O2S. The normalized spacial score (nSPS) is 21.9. The summed E-state index contributed by atoms with van der Waals surface area (Å²) in [5.74, 6) is 2.78. The minimum absolute atomic E-state index is 0.215. The summed E-state index contributed by atoms with van der Waals surface area (Å²) in [5, 5.41) is 12.2. The predicted molar refractivity (Wildman–Crippen MR) is 110 cm³/mol. The van der Waals surface area contributed by atoms with Gasteiger partial charge in [0, 0.05) is 43.4 Å². The number of piperidine rings is 2. The molecule has 0 N–H and O–H groups in total. The highest BCUT2D eigenvalue weighted by molar-refractivity contribution is 7.08. The lowest BCUT2D eigenvalue weighted by Crippen LogP contribution is -2.45. The van der Waals surface area contributed by atoms with Crippen LogP contribution in [-0.4, -0.2) is 58.6 Å². The predicted octanol–water partition coefficient (Wildman–Crippen LogP) is 3.70. The van der Waals surface area contributed by atoms with Crippen LogP contribution >= 0.6 is 11.3 Å². The molecule has 1 unspecified atom stereocenters. The first-order valence-electron chi connectivity index (χ1n) is 10.5. The fourth-order valence-corrected chi connectivity index (χ4v) is 4.91. The Labute approximate surface area is 170 Å². The summed E-state index contributed by atoms with van der Waals surface area (Å²) >= 11 is 1.60. The molecule has 0 radical (unpaired) electrons. The largest absolute Gasteiger partial charge is 0.421 e. The molecule has 2 saturated heterocycles. The van der Waals surface area contributed by atoms with Crippen LogP contribution in [-0.2, 0) is 11.2 Å². The van der Waals surface area contributed by atoms with Crippen LogP contribution < -0.4 is 0 Å². The van der Waals surface area contributed by atoms with Gasteiger partial charge in [0.05, 0.1) is 0 Å². The third-order valence-electron chi connectivity index (χ3n) is 6.05. The van der Waals surface area contributed by atoms with E-state index < -0.39 is 0 Å². The Bertz CT molecular complexity index is 752. The zero-order chi connectivity index (χ0) is 19.3. The van der Waals surface area contributed by atoms with Gasteiger partial charge in [-0.1, -0.05) is 6.92 Å². The van der Waals surface area contributed by atoms with E-state index in [2.05, 4.69) is 26.9 Å². The number of carbonyl (C=O) groups is 1. The average molecular weight is 403 g/mol. The number of hydrogen-bond donors (Lipinski definition) is 0. The number of amides is 1. The Balaban J connectivity index is 1.24. The van der Waals surface area contributed by atoms with Crippen LogP contribution in [0.25, 0.3) is 11.5 Å². The van der Waals surface area contributed by atoms with E-state index >= 15 is 0 Å². The number of thiophene rings is 1. The summed E-state index contributed by atoms with van der Waals surface area (Å²) in [7, 11) is 0.